The average Bonchev–Trinajstić information content (AvgIpc) is 1.94. The molecule has 1 rings (SSSR count). The summed E-state index contributed by atoms with van der Waals surface area (Å²) in [5.74, 6) is 0.823. The van der Waals surface area contributed by atoms with Crippen molar-refractivity contribution < 1.29 is 9.53 Å². The number of rotatable bonds is 2. The molecular weight excluding hydrogens is 152 g/mol. The first-order chi connectivity index (χ1) is 5.55. The lowest BCUT2D eigenvalue weighted by molar-refractivity contribution is 0.254. The summed E-state index contributed by atoms with van der Waals surface area (Å²) < 4.78 is 4.76. The van der Waals surface area contributed by atoms with E-state index in [0.717, 1.165) is 25.0 Å². The molecular formula is C10H15O2. The van der Waals surface area contributed by atoms with Gasteiger partial charge >= 0.3 is 6.47 Å². The smallest absolute Gasteiger partial charge is 0.422 e. The van der Waals surface area contributed by atoms with Crippen molar-refractivity contribution in [2.45, 2.75) is 40.0 Å². The van der Waals surface area contributed by atoms with Crippen molar-refractivity contribution in [2.24, 2.45) is 5.41 Å². The quantitative estimate of drug-likeness (QED) is 0.631. The molecule has 0 fully saturated rings. The largest absolute Gasteiger partial charge is 0.423 e. The highest BCUT2D eigenvalue weighted by Gasteiger charge is 2.25. The maximum Gasteiger partial charge on any atom is 0.422 e. The summed E-state index contributed by atoms with van der Waals surface area (Å²) >= 11 is 0. The second kappa shape index (κ2) is 3.30. The third-order valence-corrected chi connectivity index (χ3v) is 2.41. The lowest BCUT2D eigenvalue weighted by atomic mass is 9.77. The Kier molecular flexibility index (Phi) is 2.55. The third kappa shape index (κ3) is 2.10. The van der Waals surface area contributed by atoms with E-state index in [1.165, 1.54) is 12.0 Å². The first kappa shape index (κ1) is 9.30. The number of allylic oxidation sites excluding steroid dienone is 2. The predicted octanol–water partition coefficient (Wildman–Crippen LogP) is 2.55. The highest BCUT2D eigenvalue weighted by Crippen LogP contribution is 2.38. The number of hydrogen-bond donors (Lipinski definition) is 0. The first-order valence-electron chi connectivity index (χ1n) is 4.28. The molecule has 1 aliphatic rings. The van der Waals surface area contributed by atoms with E-state index < -0.39 is 0 Å². The van der Waals surface area contributed by atoms with Crippen molar-refractivity contribution in [1.82, 2.24) is 0 Å². The van der Waals surface area contributed by atoms with Crippen LogP contribution in [0.4, 0.5) is 0 Å². The summed E-state index contributed by atoms with van der Waals surface area (Å²) in [6, 6.07) is 0. The Morgan fingerprint density at radius 3 is 2.67 bits per heavy atom. The molecule has 0 saturated carbocycles. The van der Waals surface area contributed by atoms with Gasteiger partial charge in [-0.2, -0.15) is 0 Å². The zero-order chi connectivity index (χ0) is 9.19. The highest BCUT2D eigenvalue weighted by molar-refractivity contribution is 5.41. The fourth-order valence-electron chi connectivity index (χ4n) is 1.76. The Bertz CT molecular complexity index is 214. The van der Waals surface area contributed by atoms with Crippen LogP contribution in [0.25, 0.3) is 0 Å². The monoisotopic (exact) mass is 167 g/mol. The van der Waals surface area contributed by atoms with Gasteiger partial charge in [-0.1, -0.05) is 13.8 Å². The van der Waals surface area contributed by atoms with Crippen LogP contribution in [0.5, 0.6) is 0 Å². The van der Waals surface area contributed by atoms with Gasteiger partial charge in [-0.3, -0.25) is 0 Å². The highest BCUT2D eigenvalue weighted by atomic mass is 16.5. The van der Waals surface area contributed by atoms with Crippen molar-refractivity contribution in [2.75, 3.05) is 0 Å². The van der Waals surface area contributed by atoms with E-state index in [0.29, 0.717) is 5.41 Å². The zero-order valence-corrected chi connectivity index (χ0v) is 7.94. The second-order valence-electron chi connectivity index (χ2n) is 4.23. The Morgan fingerprint density at radius 2 is 2.17 bits per heavy atom. The van der Waals surface area contributed by atoms with Crippen molar-refractivity contribution in [3.63, 3.8) is 0 Å². The van der Waals surface area contributed by atoms with Gasteiger partial charge in [0, 0.05) is 6.42 Å². The minimum absolute atomic E-state index is 0.361. The summed E-state index contributed by atoms with van der Waals surface area (Å²) in [4.78, 5) is 10.00. The van der Waals surface area contributed by atoms with Gasteiger partial charge in [0.25, 0.3) is 0 Å². The average molecular weight is 167 g/mol. The van der Waals surface area contributed by atoms with Crippen LogP contribution in [0.2, 0.25) is 0 Å². The molecule has 0 aliphatic heterocycles. The van der Waals surface area contributed by atoms with E-state index in [2.05, 4.69) is 13.8 Å². The van der Waals surface area contributed by atoms with Crippen molar-refractivity contribution in [3.05, 3.63) is 11.3 Å². The van der Waals surface area contributed by atoms with Crippen molar-refractivity contribution in [1.29, 1.82) is 0 Å². The number of carbonyl (C=O) groups excluding carboxylic acids is 1. The molecule has 0 N–H and O–H groups in total. The molecule has 0 bridgehead atoms. The Hall–Kier alpha value is -0.790. The molecule has 2 heteroatoms. The topological polar surface area (TPSA) is 26.3 Å². The summed E-state index contributed by atoms with van der Waals surface area (Å²) in [7, 11) is 0. The fourth-order valence-corrected chi connectivity index (χ4v) is 1.76. The molecule has 2 nitrogen and oxygen atoms in total. The molecule has 0 aromatic carbocycles. The van der Waals surface area contributed by atoms with Gasteiger partial charge in [0.15, 0.2) is 0 Å². The maximum atomic E-state index is 10.00. The van der Waals surface area contributed by atoms with Gasteiger partial charge in [0.1, 0.15) is 5.76 Å². The van der Waals surface area contributed by atoms with Gasteiger partial charge in [0.2, 0.25) is 0 Å². The molecule has 12 heavy (non-hydrogen) atoms. The zero-order valence-electron chi connectivity index (χ0n) is 7.94. The van der Waals surface area contributed by atoms with Crippen LogP contribution in [-0.2, 0) is 9.53 Å². The molecule has 1 radical (unpaired) electrons. The van der Waals surface area contributed by atoms with Gasteiger partial charge in [-0.05, 0) is 30.8 Å². The predicted molar refractivity (Wildman–Crippen MR) is 47.1 cm³/mol. The maximum absolute atomic E-state index is 10.00. The van der Waals surface area contributed by atoms with E-state index in [1.54, 1.807) is 0 Å². The van der Waals surface area contributed by atoms with Crippen LogP contribution in [0, 0.1) is 5.41 Å². The van der Waals surface area contributed by atoms with E-state index in [-0.39, 0.29) is 0 Å². The summed E-state index contributed by atoms with van der Waals surface area (Å²) in [6.45, 7) is 7.98. The standard InChI is InChI=1S/C10H15O2/c1-8-6-10(2,3)5-4-9(8)12-7-11/h4-6H2,1-3H3. The van der Waals surface area contributed by atoms with Crippen LogP contribution in [0.1, 0.15) is 40.0 Å². The summed E-state index contributed by atoms with van der Waals surface area (Å²) in [5, 5.41) is 0. The minimum atomic E-state index is 0.361. The molecule has 0 heterocycles. The molecule has 67 valence electrons. The lowest BCUT2D eigenvalue weighted by Crippen LogP contribution is -2.18. The van der Waals surface area contributed by atoms with E-state index >= 15 is 0 Å². The number of ether oxygens (including phenoxy) is 1. The summed E-state index contributed by atoms with van der Waals surface area (Å²) in [6.07, 6.45) is 2.97. The summed E-state index contributed by atoms with van der Waals surface area (Å²) in [5.41, 5.74) is 1.55. The third-order valence-electron chi connectivity index (χ3n) is 2.41. The number of hydrogen-bond acceptors (Lipinski definition) is 2. The van der Waals surface area contributed by atoms with E-state index in [9.17, 15) is 4.79 Å². The van der Waals surface area contributed by atoms with Gasteiger partial charge in [-0.25, -0.2) is 4.79 Å². The van der Waals surface area contributed by atoms with Crippen LogP contribution < -0.4 is 0 Å². The molecule has 0 spiro atoms. The molecule has 0 unspecified atom stereocenters. The molecule has 1 aliphatic carbocycles. The molecule has 0 amide bonds. The van der Waals surface area contributed by atoms with Crippen LogP contribution in [0.3, 0.4) is 0 Å². The van der Waals surface area contributed by atoms with Crippen LogP contribution in [0.15, 0.2) is 11.3 Å². The molecule has 0 aromatic heterocycles. The van der Waals surface area contributed by atoms with Crippen molar-refractivity contribution >= 4 is 6.47 Å². The van der Waals surface area contributed by atoms with E-state index in [4.69, 9.17) is 4.74 Å². The SMILES string of the molecule is CC1=C(O[C]=O)CCC(C)(C)C1. The Labute approximate surface area is 73.6 Å². The van der Waals surface area contributed by atoms with Crippen LogP contribution in [-0.4, -0.2) is 6.47 Å². The fraction of sp³-hybridized carbons (Fsp3) is 0.700. The van der Waals surface area contributed by atoms with Gasteiger partial charge < -0.3 is 4.74 Å². The molecule has 0 atom stereocenters. The van der Waals surface area contributed by atoms with Crippen LogP contribution >= 0.6 is 0 Å². The van der Waals surface area contributed by atoms with Gasteiger partial charge in [0.05, 0.1) is 0 Å². The minimum Gasteiger partial charge on any atom is -0.423 e. The normalized spacial score (nSPS) is 22.2. The van der Waals surface area contributed by atoms with Gasteiger partial charge in [-0.15, -0.1) is 0 Å². The Balaban J connectivity index is 2.70. The molecule has 0 saturated heterocycles. The molecule has 0 aromatic rings. The first-order valence-corrected chi connectivity index (χ1v) is 4.28. The van der Waals surface area contributed by atoms with Crippen molar-refractivity contribution in [3.8, 4) is 0 Å². The van der Waals surface area contributed by atoms with E-state index in [1.807, 2.05) is 6.92 Å². The lowest BCUT2D eigenvalue weighted by Gasteiger charge is -2.30. The Morgan fingerprint density at radius 1 is 1.50 bits per heavy atom. The second-order valence-corrected chi connectivity index (χ2v) is 4.23.